The lowest BCUT2D eigenvalue weighted by Crippen LogP contribution is -2.09. The van der Waals surface area contributed by atoms with Crippen LogP contribution in [-0.4, -0.2) is 9.55 Å². The van der Waals surface area contributed by atoms with E-state index in [-0.39, 0.29) is 0 Å². The molecule has 0 radical (unpaired) electrons. The molecule has 1 atom stereocenters. The summed E-state index contributed by atoms with van der Waals surface area (Å²) >= 11 is 0. The first-order valence-electron chi connectivity index (χ1n) is 7.24. The summed E-state index contributed by atoms with van der Waals surface area (Å²) in [6.45, 7) is 4.56. The molecule has 0 N–H and O–H groups in total. The number of aryl methyl sites for hydroxylation is 1. The maximum absolute atomic E-state index is 4.45. The molecule has 0 bridgehead atoms. The van der Waals surface area contributed by atoms with Crippen molar-refractivity contribution in [2.75, 3.05) is 0 Å². The van der Waals surface area contributed by atoms with E-state index < -0.39 is 0 Å². The van der Waals surface area contributed by atoms with E-state index in [1.54, 1.807) is 0 Å². The normalized spacial score (nSPS) is 12.9. The minimum absolute atomic E-state index is 0.836. The molecule has 17 heavy (non-hydrogen) atoms. The van der Waals surface area contributed by atoms with Crippen LogP contribution in [0.15, 0.2) is 12.4 Å². The summed E-state index contributed by atoms with van der Waals surface area (Å²) < 4.78 is 2.17. The van der Waals surface area contributed by atoms with E-state index >= 15 is 0 Å². The van der Waals surface area contributed by atoms with Crippen molar-refractivity contribution in [1.82, 2.24) is 9.55 Å². The number of unbranched alkanes of at least 4 members (excludes halogenated alkanes) is 3. The molecule has 1 aromatic rings. The number of rotatable bonds is 9. The van der Waals surface area contributed by atoms with E-state index in [0.29, 0.717) is 0 Å². The highest BCUT2D eigenvalue weighted by molar-refractivity contribution is 4.92. The summed E-state index contributed by atoms with van der Waals surface area (Å²) in [5, 5.41) is 0. The predicted molar refractivity (Wildman–Crippen MR) is 74.1 cm³/mol. The lowest BCUT2D eigenvalue weighted by Gasteiger charge is -2.16. The van der Waals surface area contributed by atoms with Gasteiger partial charge in [0, 0.05) is 25.9 Å². The van der Waals surface area contributed by atoms with Gasteiger partial charge in [-0.15, -0.1) is 0 Å². The zero-order valence-corrected chi connectivity index (χ0v) is 11.8. The van der Waals surface area contributed by atoms with E-state index in [4.69, 9.17) is 0 Å². The molecule has 0 aliphatic heterocycles. The van der Waals surface area contributed by atoms with Gasteiger partial charge in [-0.3, -0.25) is 0 Å². The smallest absolute Gasteiger partial charge is 0.108 e. The summed E-state index contributed by atoms with van der Waals surface area (Å²) in [7, 11) is 2.10. The molecule has 98 valence electrons. The Hall–Kier alpha value is -0.790. The van der Waals surface area contributed by atoms with Crippen LogP contribution >= 0.6 is 0 Å². The van der Waals surface area contributed by atoms with E-state index in [2.05, 4.69) is 36.6 Å². The molecule has 1 heterocycles. The van der Waals surface area contributed by atoms with Crippen LogP contribution < -0.4 is 0 Å². The minimum Gasteiger partial charge on any atom is -0.338 e. The number of imidazole rings is 1. The molecule has 0 fully saturated rings. The van der Waals surface area contributed by atoms with Gasteiger partial charge in [0.2, 0.25) is 0 Å². The minimum atomic E-state index is 0.836. The highest BCUT2D eigenvalue weighted by atomic mass is 15.0. The van der Waals surface area contributed by atoms with Crippen LogP contribution in [0.4, 0.5) is 0 Å². The lowest BCUT2D eigenvalue weighted by molar-refractivity contribution is 0.402. The van der Waals surface area contributed by atoms with Gasteiger partial charge in [-0.1, -0.05) is 58.8 Å². The first-order valence-corrected chi connectivity index (χ1v) is 7.24. The standard InChI is InChI=1S/C15H28N2/c1-4-6-8-10-14(9-7-5-2)13-15-16-11-12-17(15)3/h11-12,14H,4-10,13H2,1-3H3. The molecule has 1 aromatic heterocycles. The first-order chi connectivity index (χ1) is 8.27. The van der Waals surface area contributed by atoms with Crippen LogP contribution in [0.2, 0.25) is 0 Å². The molecular weight excluding hydrogens is 208 g/mol. The molecule has 0 aliphatic rings. The highest BCUT2D eigenvalue weighted by Gasteiger charge is 2.11. The molecule has 0 spiro atoms. The topological polar surface area (TPSA) is 17.8 Å². The quantitative estimate of drug-likeness (QED) is 0.583. The van der Waals surface area contributed by atoms with Gasteiger partial charge in [-0.2, -0.15) is 0 Å². The Kier molecular flexibility index (Phi) is 6.99. The summed E-state index contributed by atoms with van der Waals surface area (Å²) in [6.07, 6.45) is 14.6. The van der Waals surface area contributed by atoms with E-state index in [1.165, 1.54) is 50.8 Å². The fraction of sp³-hybridized carbons (Fsp3) is 0.800. The summed E-state index contributed by atoms with van der Waals surface area (Å²) in [6, 6.07) is 0. The maximum atomic E-state index is 4.45. The molecule has 0 saturated heterocycles. The van der Waals surface area contributed by atoms with Crippen molar-refractivity contribution in [3.8, 4) is 0 Å². The lowest BCUT2D eigenvalue weighted by atomic mass is 9.92. The van der Waals surface area contributed by atoms with Gasteiger partial charge >= 0.3 is 0 Å². The number of nitrogens with zero attached hydrogens (tertiary/aromatic N) is 2. The Labute approximate surface area is 106 Å². The van der Waals surface area contributed by atoms with Crippen LogP contribution in [0, 0.1) is 5.92 Å². The monoisotopic (exact) mass is 236 g/mol. The average Bonchev–Trinajstić information content (AvgIpc) is 2.72. The molecule has 1 rings (SSSR count). The second kappa shape index (κ2) is 8.32. The average molecular weight is 236 g/mol. The Bertz CT molecular complexity index is 291. The summed E-state index contributed by atoms with van der Waals surface area (Å²) in [4.78, 5) is 4.45. The number of hydrogen-bond donors (Lipinski definition) is 0. The highest BCUT2D eigenvalue weighted by Crippen LogP contribution is 2.20. The summed E-state index contributed by atoms with van der Waals surface area (Å²) in [5.41, 5.74) is 0. The third kappa shape index (κ3) is 5.38. The van der Waals surface area contributed by atoms with Gasteiger partial charge in [0.05, 0.1) is 0 Å². The van der Waals surface area contributed by atoms with Crippen LogP contribution in [0.5, 0.6) is 0 Å². The van der Waals surface area contributed by atoms with Crippen molar-refractivity contribution in [3.63, 3.8) is 0 Å². The fourth-order valence-corrected chi connectivity index (χ4v) is 2.38. The molecule has 0 saturated carbocycles. The van der Waals surface area contributed by atoms with Gasteiger partial charge in [-0.05, 0) is 5.92 Å². The third-order valence-corrected chi connectivity index (χ3v) is 3.57. The van der Waals surface area contributed by atoms with Crippen LogP contribution in [0.1, 0.15) is 64.6 Å². The largest absolute Gasteiger partial charge is 0.338 e. The van der Waals surface area contributed by atoms with Crippen molar-refractivity contribution in [2.24, 2.45) is 13.0 Å². The van der Waals surface area contributed by atoms with Gasteiger partial charge in [0.15, 0.2) is 0 Å². The van der Waals surface area contributed by atoms with Crippen molar-refractivity contribution in [3.05, 3.63) is 18.2 Å². The number of aromatic nitrogens is 2. The van der Waals surface area contributed by atoms with Crippen molar-refractivity contribution < 1.29 is 0 Å². The van der Waals surface area contributed by atoms with Crippen LogP contribution in [0.25, 0.3) is 0 Å². The second-order valence-corrected chi connectivity index (χ2v) is 5.16. The Morgan fingerprint density at radius 2 is 1.82 bits per heavy atom. The Morgan fingerprint density at radius 1 is 1.12 bits per heavy atom. The zero-order chi connectivity index (χ0) is 12.5. The van der Waals surface area contributed by atoms with Crippen LogP contribution in [-0.2, 0) is 13.5 Å². The van der Waals surface area contributed by atoms with Gasteiger partial charge < -0.3 is 4.57 Å². The molecule has 0 aromatic carbocycles. The van der Waals surface area contributed by atoms with Gasteiger partial charge in [0.1, 0.15) is 5.82 Å². The molecule has 2 heteroatoms. The second-order valence-electron chi connectivity index (χ2n) is 5.16. The summed E-state index contributed by atoms with van der Waals surface area (Å²) in [5.74, 6) is 2.09. The zero-order valence-electron chi connectivity index (χ0n) is 11.8. The first kappa shape index (κ1) is 14.3. The molecular formula is C15H28N2. The molecule has 1 unspecified atom stereocenters. The van der Waals surface area contributed by atoms with E-state index in [1.807, 2.05) is 6.20 Å². The maximum Gasteiger partial charge on any atom is 0.108 e. The predicted octanol–water partition coefficient (Wildman–Crippen LogP) is 4.35. The van der Waals surface area contributed by atoms with Gasteiger partial charge in [0.25, 0.3) is 0 Å². The number of hydrogen-bond acceptors (Lipinski definition) is 1. The fourth-order valence-electron chi connectivity index (χ4n) is 2.38. The Morgan fingerprint density at radius 3 is 2.41 bits per heavy atom. The SMILES string of the molecule is CCCCCC(CCCC)Cc1nccn1C. The van der Waals surface area contributed by atoms with Crippen molar-refractivity contribution in [2.45, 2.75) is 65.2 Å². The Balaban J connectivity index is 2.42. The van der Waals surface area contributed by atoms with Crippen molar-refractivity contribution in [1.29, 1.82) is 0 Å². The van der Waals surface area contributed by atoms with E-state index in [0.717, 1.165) is 12.3 Å². The van der Waals surface area contributed by atoms with Crippen LogP contribution in [0.3, 0.4) is 0 Å². The van der Waals surface area contributed by atoms with Gasteiger partial charge in [-0.25, -0.2) is 4.98 Å². The molecule has 0 amide bonds. The van der Waals surface area contributed by atoms with E-state index in [9.17, 15) is 0 Å². The molecule has 0 aliphatic carbocycles. The van der Waals surface area contributed by atoms with Crippen molar-refractivity contribution >= 4 is 0 Å². The third-order valence-electron chi connectivity index (χ3n) is 3.57. The molecule has 2 nitrogen and oxygen atoms in total.